The van der Waals surface area contributed by atoms with Crippen molar-refractivity contribution in [3.63, 3.8) is 0 Å². The summed E-state index contributed by atoms with van der Waals surface area (Å²) in [4.78, 5) is 3.67. The van der Waals surface area contributed by atoms with E-state index in [2.05, 4.69) is 9.71 Å². The Kier molecular flexibility index (Phi) is 5.51. The van der Waals surface area contributed by atoms with Gasteiger partial charge in [-0.25, -0.2) is 13.1 Å². The van der Waals surface area contributed by atoms with Crippen molar-refractivity contribution < 1.29 is 12.6 Å². The number of aromatic nitrogens is 1. The molecule has 17 heavy (non-hydrogen) atoms. The molecule has 0 aliphatic carbocycles. The number of halogens is 1. The summed E-state index contributed by atoms with van der Waals surface area (Å²) < 4.78 is 36.8. The molecule has 1 atom stereocenters. The van der Waals surface area contributed by atoms with Gasteiger partial charge in [0, 0.05) is 41.7 Å². The van der Waals surface area contributed by atoms with Gasteiger partial charge in [-0.3, -0.25) is 9.19 Å². The van der Waals surface area contributed by atoms with E-state index < -0.39 is 20.8 Å². The van der Waals surface area contributed by atoms with Gasteiger partial charge in [-0.2, -0.15) is 0 Å². The van der Waals surface area contributed by atoms with Gasteiger partial charge in [0.25, 0.3) is 0 Å². The second kappa shape index (κ2) is 6.44. The monoisotopic (exact) mass is 296 g/mol. The molecule has 0 spiro atoms. The molecule has 0 aliphatic heterocycles. The van der Waals surface area contributed by atoms with E-state index in [4.69, 9.17) is 11.6 Å². The maximum atomic E-state index is 11.8. The third-order valence-electron chi connectivity index (χ3n) is 1.92. The van der Waals surface area contributed by atoms with Gasteiger partial charge < -0.3 is 0 Å². The molecule has 1 heterocycles. The van der Waals surface area contributed by atoms with Crippen molar-refractivity contribution in [2.45, 2.75) is 11.3 Å². The maximum Gasteiger partial charge on any atom is 0.243 e. The lowest BCUT2D eigenvalue weighted by Crippen LogP contribution is -2.26. The Hall–Kier alpha value is -0.500. The number of sulfonamides is 1. The predicted molar refractivity (Wildman–Crippen MR) is 68.0 cm³/mol. The van der Waals surface area contributed by atoms with E-state index in [0.717, 1.165) is 0 Å². The summed E-state index contributed by atoms with van der Waals surface area (Å²) in [6.45, 7) is 0.229. The van der Waals surface area contributed by atoms with Gasteiger partial charge in [0.05, 0.1) is 5.02 Å². The molecule has 1 N–H and O–H groups in total. The van der Waals surface area contributed by atoms with Crippen LogP contribution in [0, 0.1) is 0 Å². The van der Waals surface area contributed by atoms with Gasteiger partial charge in [-0.1, -0.05) is 11.6 Å². The van der Waals surface area contributed by atoms with Crippen LogP contribution < -0.4 is 4.72 Å². The number of hydrogen-bond donors (Lipinski definition) is 1. The van der Waals surface area contributed by atoms with E-state index in [1.54, 1.807) is 6.26 Å². The Morgan fingerprint density at radius 3 is 2.82 bits per heavy atom. The van der Waals surface area contributed by atoms with Crippen molar-refractivity contribution in [2.75, 3.05) is 18.6 Å². The summed E-state index contributed by atoms with van der Waals surface area (Å²) in [6, 6.07) is 1.41. The minimum atomic E-state index is -3.63. The molecule has 5 nitrogen and oxygen atoms in total. The van der Waals surface area contributed by atoms with Crippen LogP contribution in [0.25, 0.3) is 0 Å². The van der Waals surface area contributed by atoms with E-state index in [-0.39, 0.29) is 16.5 Å². The first-order valence-corrected chi connectivity index (χ1v) is 8.41. The third-order valence-corrected chi connectivity index (χ3v) is 4.72. The third kappa shape index (κ3) is 4.71. The highest BCUT2D eigenvalue weighted by molar-refractivity contribution is 7.89. The molecule has 0 saturated carbocycles. The van der Waals surface area contributed by atoms with Crippen molar-refractivity contribution in [1.29, 1.82) is 0 Å². The van der Waals surface area contributed by atoms with Crippen LogP contribution in [0.3, 0.4) is 0 Å². The predicted octanol–water partition coefficient (Wildman–Crippen LogP) is 0.782. The summed E-state index contributed by atoms with van der Waals surface area (Å²) >= 11 is 5.76. The number of hydrogen-bond acceptors (Lipinski definition) is 4. The van der Waals surface area contributed by atoms with Crippen molar-refractivity contribution in [3.05, 3.63) is 23.5 Å². The largest absolute Gasteiger partial charge is 0.263 e. The van der Waals surface area contributed by atoms with Crippen LogP contribution in [0.15, 0.2) is 23.4 Å². The zero-order valence-corrected chi connectivity index (χ0v) is 11.6. The van der Waals surface area contributed by atoms with Crippen molar-refractivity contribution >= 4 is 32.4 Å². The summed E-state index contributed by atoms with van der Waals surface area (Å²) in [5, 5.41) is 0.131. The van der Waals surface area contributed by atoms with E-state index in [1.807, 2.05) is 0 Å². The molecule has 0 amide bonds. The molecule has 0 bridgehead atoms. The highest BCUT2D eigenvalue weighted by Gasteiger charge is 2.17. The first kappa shape index (κ1) is 14.6. The lowest BCUT2D eigenvalue weighted by molar-refractivity contribution is 0.580. The molecular weight excluding hydrogens is 284 g/mol. The molecule has 8 heteroatoms. The Bertz CT molecular complexity index is 505. The molecule has 0 radical (unpaired) electrons. The molecule has 96 valence electrons. The van der Waals surface area contributed by atoms with Gasteiger partial charge in [0.15, 0.2) is 0 Å². The van der Waals surface area contributed by atoms with Gasteiger partial charge in [-0.15, -0.1) is 0 Å². The van der Waals surface area contributed by atoms with Crippen LogP contribution in [-0.4, -0.2) is 36.2 Å². The first-order valence-electron chi connectivity index (χ1n) is 4.82. The highest BCUT2D eigenvalue weighted by atomic mass is 35.5. The number of rotatable bonds is 6. The fourth-order valence-corrected chi connectivity index (χ4v) is 3.17. The van der Waals surface area contributed by atoms with Gasteiger partial charge in [0.2, 0.25) is 10.0 Å². The Morgan fingerprint density at radius 2 is 2.24 bits per heavy atom. The Balaban J connectivity index is 2.64. The zero-order valence-electron chi connectivity index (χ0n) is 9.22. The van der Waals surface area contributed by atoms with E-state index in [0.29, 0.717) is 12.2 Å². The Morgan fingerprint density at radius 1 is 1.53 bits per heavy atom. The van der Waals surface area contributed by atoms with Gasteiger partial charge in [-0.05, 0) is 12.5 Å². The molecule has 0 aromatic carbocycles. The topological polar surface area (TPSA) is 76.1 Å². The summed E-state index contributed by atoms with van der Waals surface area (Å²) in [5.74, 6) is 0.462. The molecule has 0 aliphatic rings. The SMILES string of the molecule is CS(=O)CCCNS(=O)(=O)c1cnccc1Cl. The molecule has 0 fully saturated rings. The average Bonchev–Trinajstić information content (AvgIpc) is 2.24. The molecule has 0 saturated heterocycles. The summed E-state index contributed by atoms with van der Waals surface area (Å²) in [6.07, 6.45) is 4.71. The molecule has 1 aromatic heterocycles. The summed E-state index contributed by atoms with van der Waals surface area (Å²) in [7, 11) is -4.55. The van der Waals surface area contributed by atoms with E-state index in [9.17, 15) is 12.6 Å². The maximum absolute atomic E-state index is 11.8. The average molecular weight is 297 g/mol. The fraction of sp³-hybridized carbons (Fsp3) is 0.444. The fourth-order valence-electron chi connectivity index (χ4n) is 1.12. The minimum absolute atomic E-state index is 0.0423. The van der Waals surface area contributed by atoms with Crippen LogP contribution in [0.4, 0.5) is 0 Å². The highest BCUT2D eigenvalue weighted by Crippen LogP contribution is 2.18. The smallest absolute Gasteiger partial charge is 0.243 e. The first-order chi connectivity index (χ1) is 7.93. The number of pyridine rings is 1. The molecular formula is C9H13ClN2O3S2. The van der Waals surface area contributed by atoms with Gasteiger partial charge >= 0.3 is 0 Å². The van der Waals surface area contributed by atoms with Crippen LogP contribution >= 0.6 is 11.6 Å². The van der Waals surface area contributed by atoms with E-state index in [1.165, 1.54) is 18.5 Å². The standard InChI is InChI=1S/C9H13ClN2O3S2/c1-16(13)6-2-4-12-17(14,15)9-7-11-5-3-8(9)10/h3,5,7,12H,2,4,6H2,1H3. The number of nitrogens with one attached hydrogen (secondary N) is 1. The molecule has 1 aromatic rings. The van der Waals surface area contributed by atoms with Crippen molar-refractivity contribution in [1.82, 2.24) is 9.71 Å². The van der Waals surface area contributed by atoms with Gasteiger partial charge in [0.1, 0.15) is 4.90 Å². The van der Waals surface area contributed by atoms with Crippen molar-refractivity contribution in [2.24, 2.45) is 0 Å². The second-order valence-corrected chi connectivity index (χ2v) is 7.03. The summed E-state index contributed by atoms with van der Waals surface area (Å²) in [5.41, 5.74) is 0. The molecule has 1 rings (SSSR count). The lowest BCUT2D eigenvalue weighted by Gasteiger charge is -2.06. The van der Waals surface area contributed by atoms with E-state index >= 15 is 0 Å². The number of nitrogens with zero attached hydrogens (tertiary/aromatic N) is 1. The lowest BCUT2D eigenvalue weighted by atomic mass is 10.5. The van der Waals surface area contributed by atoms with Crippen molar-refractivity contribution in [3.8, 4) is 0 Å². The van der Waals surface area contributed by atoms with Crippen LogP contribution in [0.5, 0.6) is 0 Å². The van der Waals surface area contributed by atoms with Crippen LogP contribution in [0.1, 0.15) is 6.42 Å². The quantitative estimate of drug-likeness (QED) is 0.787. The van der Waals surface area contributed by atoms with Crippen LogP contribution in [-0.2, 0) is 20.8 Å². The Labute approximate surface area is 108 Å². The van der Waals surface area contributed by atoms with Crippen LogP contribution in [0.2, 0.25) is 5.02 Å². The normalized spacial score (nSPS) is 13.5. The zero-order chi connectivity index (χ0) is 12.9. The minimum Gasteiger partial charge on any atom is -0.263 e. The molecule has 1 unspecified atom stereocenters. The second-order valence-electron chi connectivity index (χ2n) is 3.33.